The first-order valence-corrected chi connectivity index (χ1v) is 8.75. The van der Waals surface area contributed by atoms with Gasteiger partial charge in [0.15, 0.2) is 0 Å². The largest absolute Gasteiger partial charge is 0.456 e. The molecule has 0 aliphatic carbocycles. The summed E-state index contributed by atoms with van der Waals surface area (Å²) in [5, 5.41) is 4.31. The number of fused-ring (bicyclic) bond motifs is 1. The van der Waals surface area contributed by atoms with E-state index in [4.69, 9.17) is 4.74 Å². The van der Waals surface area contributed by atoms with Crippen molar-refractivity contribution in [2.45, 2.75) is 13.0 Å². The summed E-state index contributed by atoms with van der Waals surface area (Å²) in [5.74, 6) is 1.20. The van der Waals surface area contributed by atoms with Crippen LogP contribution in [0.1, 0.15) is 18.5 Å². The molecule has 2 aromatic carbocycles. The summed E-state index contributed by atoms with van der Waals surface area (Å²) >= 11 is 0. The lowest BCUT2D eigenvalue weighted by atomic mass is 10.1. The number of pyridine rings is 2. The van der Waals surface area contributed by atoms with Crippen LogP contribution in [-0.2, 0) is 0 Å². The van der Waals surface area contributed by atoms with E-state index >= 15 is 0 Å². The topological polar surface area (TPSA) is 67.0 Å². The molecule has 0 aliphatic rings. The minimum absolute atomic E-state index is 0.106. The van der Waals surface area contributed by atoms with Gasteiger partial charge >= 0.3 is 0 Å². The zero-order chi connectivity index (χ0) is 18.6. The van der Waals surface area contributed by atoms with Crippen molar-refractivity contribution in [3.05, 3.63) is 95.0 Å². The van der Waals surface area contributed by atoms with E-state index in [0.717, 1.165) is 22.2 Å². The van der Waals surface area contributed by atoms with Crippen LogP contribution in [0.5, 0.6) is 11.5 Å². The number of ether oxygens (including phenoxy) is 1. The van der Waals surface area contributed by atoms with Gasteiger partial charge in [0.1, 0.15) is 11.5 Å². The molecule has 0 amide bonds. The highest BCUT2D eigenvalue weighted by atomic mass is 16.5. The molecule has 2 N–H and O–H groups in total. The first-order chi connectivity index (χ1) is 13.2. The number of aromatic amines is 1. The summed E-state index contributed by atoms with van der Waals surface area (Å²) in [6, 6.07) is 20.8. The highest BCUT2D eigenvalue weighted by Gasteiger charge is 2.08. The Morgan fingerprint density at radius 2 is 1.93 bits per heavy atom. The highest BCUT2D eigenvalue weighted by Crippen LogP contribution is 2.29. The number of nitrogens with one attached hydrogen (secondary N) is 2. The van der Waals surface area contributed by atoms with Crippen molar-refractivity contribution in [1.29, 1.82) is 0 Å². The van der Waals surface area contributed by atoms with Gasteiger partial charge in [0.05, 0.1) is 11.6 Å². The first-order valence-electron chi connectivity index (χ1n) is 8.75. The second-order valence-electron chi connectivity index (χ2n) is 6.33. The third-order valence-corrected chi connectivity index (χ3v) is 4.34. The molecule has 0 spiro atoms. The van der Waals surface area contributed by atoms with Gasteiger partial charge in [-0.1, -0.05) is 24.3 Å². The van der Waals surface area contributed by atoms with Gasteiger partial charge in [0.25, 0.3) is 5.56 Å². The Morgan fingerprint density at radius 3 is 2.78 bits per heavy atom. The van der Waals surface area contributed by atoms with Crippen LogP contribution < -0.4 is 15.6 Å². The number of rotatable bonds is 5. The molecule has 27 heavy (non-hydrogen) atoms. The molecule has 4 aromatic rings. The van der Waals surface area contributed by atoms with E-state index in [-0.39, 0.29) is 11.6 Å². The van der Waals surface area contributed by atoms with E-state index < -0.39 is 0 Å². The smallest absolute Gasteiger partial charge is 0.252 e. The van der Waals surface area contributed by atoms with Crippen LogP contribution in [0.2, 0.25) is 0 Å². The lowest BCUT2D eigenvalue weighted by Crippen LogP contribution is -2.07. The van der Waals surface area contributed by atoms with E-state index in [2.05, 4.69) is 22.2 Å². The predicted molar refractivity (Wildman–Crippen MR) is 107 cm³/mol. The number of hydrogen-bond donors (Lipinski definition) is 2. The minimum atomic E-state index is -0.192. The van der Waals surface area contributed by atoms with Gasteiger partial charge in [-0.05, 0) is 42.8 Å². The molecule has 1 unspecified atom stereocenters. The van der Waals surface area contributed by atoms with Crippen LogP contribution >= 0.6 is 0 Å². The molecule has 0 bridgehead atoms. The Hall–Kier alpha value is -3.60. The second kappa shape index (κ2) is 7.33. The van der Waals surface area contributed by atoms with Crippen LogP contribution in [0.3, 0.4) is 0 Å². The Balaban J connectivity index is 1.59. The summed E-state index contributed by atoms with van der Waals surface area (Å²) in [5.41, 5.74) is 2.59. The molecule has 0 saturated carbocycles. The molecule has 2 heterocycles. The van der Waals surface area contributed by atoms with Crippen molar-refractivity contribution < 1.29 is 4.74 Å². The van der Waals surface area contributed by atoms with Crippen molar-refractivity contribution in [2.24, 2.45) is 0 Å². The monoisotopic (exact) mass is 357 g/mol. The fourth-order valence-corrected chi connectivity index (χ4v) is 3.00. The number of para-hydroxylation sites is 1. The number of benzene rings is 2. The average molecular weight is 357 g/mol. The number of aromatic nitrogens is 2. The fraction of sp³-hybridized carbons (Fsp3) is 0.0909. The number of hydrogen-bond acceptors (Lipinski definition) is 4. The maximum absolute atomic E-state index is 11.9. The van der Waals surface area contributed by atoms with Crippen LogP contribution in [0.15, 0.2) is 83.9 Å². The Kier molecular flexibility index (Phi) is 4.58. The molecule has 2 aromatic heterocycles. The molecule has 134 valence electrons. The molecule has 4 rings (SSSR count). The van der Waals surface area contributed by atoms with Crippen LogP contribution in [0.4, 0.5) is 5.69 Å². The lowest BCUT2D eigenvalue weighted by Gasteiger charge is -2.16. The van der Waals surface area contributed by atoms with Gasteiger partial charge in [-0.25, -0.2) is 0 Å². The van der Waals surface area contributed by atoms with Crippen molar-refractivity contribution in [3.63, 3.8) is 0 Å². The molecule has 0 saturated heterocycles. The van der Waals surface area contributed by atoms with Crippen LogP contribution in [0.25, 0.3) is 10.9 Å². The van der Waals surface area contributed by atoms with Crippen molar-refractivity contribution in [2.75, 3.05) is 5.32 Å². The molecule has 0 radical (unpaired) electrons. The van der Waals surface area contributed by atoms with E-state index in [9.17, 15) is 4.79 Å². The summed E-state index contributed by atoms with van der Waals surface area (Å²) < 4.78 is 6.03. The van der Waals surface area contributed by atoms with Crippen LogP contribution in [0, 0.1) is 0 Å². The number of anilines is 1. The highest BCUT2D eigenvalue weighted by molar-refractivity contribution is 5.84. The third-order valence-electron chi connectivity index (χ3n) is 4.34. The zero-order valence-electron chi connectivity index (χ0n) is 14.8. The van der Waals surface area contributed by atoms with E-state index in [1.807, 2.05) is 66.9 Å². The maximum Gasteiger partial charge on any atom is 0.252 e. The van der Waals surface area contributed by atoms with Gasteiger partial charge < -0.3 is 15.0 Å². The van der Waals surface area contributed by atoms with E-state index in [1.54, 1.807) is 6.20 Å². The lowest BCUT2D eigenvalue weighted by molar-refractivity contribution is 0.487. The zero-order valence-corrected chi connectivity index (χ0v) is 14.8. The normalized spacial score (nSPS) is 11.9. The van der Waals surface area contributed by atoms with Gasteiger partial charge in [-0.2, -0.15) is 0 Å². The SMILES string of the molecule is CC(Nc1cccc(Oc2cc(=O)[nH]c3ccccc23)c1)c1cccnc1. The average Bonchev–Trinajstić information content (AvgIpc) is 2.69. The van der Waals surface area contributed by atoms with Gasteiger partial charge in [0.2, 0.25) is 0 Å². The standard InChI is InChI=1S/C22H19N3O2/c1-15(16-6-5-11-23-14-16)24-17-7-4-8-18(12-17)27-21-13-22(26)25-20-10-3-2-9-19(20)21/h2-15,24H,1H3,(H,25,26). The molecule has 0 aliphatic heterocycles. The molecule has 0 fully saturated rings. The molecular formula is C22H19N3O2. The molecule has 5 nitrogen and oxygen atoms in total. The number of nitrogens with zero attached hydrogens (tertiary/aromatic N) is 1. The quantitative estimate of drug-likeness (QED) is 0.534. The molecular weight excluding hydrogens is 338 g/mol. The maximum atomic E-state index is 11.9. The predicted octanol–water partition coefficient (Wildman–Crippen LogP) is 4.89. The summed E-state index contributed by atoms with van der Waals surface area (Å²) in [7, 11) is 0. The Labute approximate surface area is 156 Å². The summed E-state index contributed by atoms with van der Waals surface area (Å²) in [6.45, 7) is 2.08. The third kappa shape index (κ3) is 3.82. The summed E-state index contributed by atoms with van der Waals surface area (Å²) in [4.78, 5) is 18.9. The Morgan fingerprint density at radius 1 is 1.04 bits per heavy atom. The van der Waals surface area contributed by atoms with Crippen LogP contribution in [-0.4, -0.2) is 9.97 Å². The van der Waals surface area contributed by atoms with E-state index in [0.29, 0.717) is 11.5 Å². The molecule has 1 atom stereocenters. The molecule has 5 heteroatoms. The first kappa shape index (κ1) is 16.8. The van der Waals surface area contributed by atoms with Crippen molar-refractivity contribution in [3.8, 4) is 11.5 Å². The summed E-state index contributed by atoms with van der Waals surface area (Å²) in [6.07, 6.45) is 3.61. The minimum Gasteiger partial charge on any atom is -0.456 e. The fourth-order valence-electron chi connectivity index (χ4n) is 3.00. The van der Waals surface area contributed by atoms with Crippen molar-refractivity contribution in [1.82, 2.24) is 9.97 Å². The van der Waals surface area contributed by atoms with Gasteiger partial charge in [-0.15, -0.1) is 0 Å². The van der Waals surface area contributed by atoms with Gasteiger partial charge in [-0.3, -0.25) is 9.78 Å². The van der Waals surface area contributed by atoms with E-state index in [1.165, 1.54) is 6.07 Å². The second-order valence-corrected chi connectivity index (χ2v) is 6.33. The van der Waals surface area contributed by atoms with Gasteiger partial charge in [0, 0.05) is 35.6 Å². The Bertz CT molecular complexity index is 1120. The number of H-pyrrole nitrogens is 1. The van der Waals surface area contributed by atoms with Crippen molar-refractivity contribution >= 4 is 16.6 Å².